The van der Waals surface area contributed by atoms with Crippen molar-refractivity contribution in [2.24, 2.45) is 7.05 Å². The fourth-order valence-electron chi connectivity index (χ4n) is 2.30. The molecular weight excluding hydrogens is 353 g/mol. The highest BCUT2D eigenvalue weighted by molar-refractivity contribution is 5.78. The van der Waals surface area contributed by atoms with Crippen molar-refractivity contribution in [2.45, 2.75) is 26.1 Å². The van der Waals surface area contributed by atoms with Crippen molar-refractivity contribution < 1.29 is 22.7 Å². The lowest BCUT2D eigenvalue weighted by Crippen LogP contribution is -2.32. The molecule has 1 aromatic heterocycles. The molecule has 0 radical (unpaired) electrons. The van der Waals surface area contributed by atoms with E-state index in [4.69, 9.17) is 4.74 Å². The zero-order chi connectivity index (χ0) is 19.3. The Labute approximate surface area is 147 Å². The molecule has 1 aromatic carbocycles. The van der Waals surface area contributed by atoms with Gasteiger partial charge in [0, 0.05) is 13.6 Å². The number of hydrogen-bond acceptors (Lipinski definition) is 4. The van der Waals surface area contributed by atoms with Crippen molar-refractivity contribution in [3.63, 3.8) is 0 Å². The number of hydrogen-bond donors (Lipinski definition) is 1. The van der Waals surface area contributed by atoms with Crippen LogP contribution in [-0.2, 0) is 31.0 Å². The van der Waals surface area contributed by atoms with Crippen LogP contribution < -0.4 is 15.7 Å². The van der Waals surface area contributed by atoms with Crippen LogP contribution >= 0.6 is 0 Å². The van der Waals surface area contributed by atoms with Crippen LogP contribution in [0.3, 0.4) is 0 Å². The average molecular weight is 372 g/mol. The first-order valence-corrected chi connectivity index (χ1v) is 7.91. The fraction of sp³-hybridized carbons (Fsp3) is 0.438. The van der Waals surface area contributed by atoms with Crippen LogP contribution in [0.2, 0.25) is 0 Å². The molecular formula is C16H19F3N4O3. The monoisotopic (exact) mass is 372 g/mol. The summed E-state index contributed by atoms with van der Waals surface area (Å²) >= 11 is 0. The van der Waals surface area contributed by atoms with Crippen molar-refractivity contribution >= 4 is 5.91 Å². The first-order chi connectivity index (χ1) is 12.2. The molecule has 0 bridgehead atoms. The summed E-state index contributed by atoms with van der Waals surface area (Å²) in [5, 5.41) is 5.82. The summed E-state index contributed by atoms with van der Waals surface area (Å²) in [6.45, 7) is 2.25. The molecule has 1 amide bonds. The van der Waals surface area contributed by atoms with E-state index in [-0.39, 0.29) is 25.4 Å². The average Bonchev–Trinajstić information content (AvgIpc) is 2.85. The molecule has 0 aliphatic heterocycles. The Balaban J connectivity index is 1.88. The van der Waals surface area contributed by atoms with Gasteiger partial charge < -0.3 is 10.1 Å². The minimum atomic E-state index is -4.71. The van der Waals surface area contributed by atoms with Crippen LogP contribution in [0.4, 0.5) is 13.2 Å². The number of amides is 1. The molecule has 26 heavy (non-hydrogen) atoms. The number of alkyl halides is 3. The van der Waals surface area contributed by atoms with E-state index in [0.29, 0.717) is 21.6 Å². The maximum atomic E-state index is 12.7. The van der Waals surface area contributed by atoms with Gasteiger partial charge in [-0.3, -0.25) is 9.36 Å². The van der Waals surface area contributed by atoms with Crippen LogP contribution in [0.15, 0.2) is 29.1 Å². The van der Waals surface area contributed by atoms with Crippen molar-refractivity contribution in [3.8, 4) is 5.75 Å². The molecule has 10 heteroatoms. The second-order valence-corrected chi connectivity index (χ2v) is 5.49. The number of nitrogens with one attached hydrogen (secondary N) is 1. The molecule has 0 aliphatic carbocycles. The third-order valence-electron chi connectivity index (χ3n) is 3.54. The SMILES string of the molecule is CCOc1ccc(CC(=O)NCCn2nc(C(F)(F)F)n(C)c2=O)cc1. The minimum Gasteiger partial charge on any atom is -0.494 e. The molecule has 1 heterocycles. The molecule has 142 valence electrons. The Kier molecular flexibility index (Phi) is 6.06. The van der Waals surface area contributed by atoms with E-state index < -0.39 is 17.7 Å². The number of rotatable bonds is 7. The van der Waals surface area contributed by atoms with Crippen LogP contribution in [0.25, 0.3) is 0 Å². The third-order valence-corrected chi connectivity index (χ3v) is 3.54. The van der Waals surface area contributed by atoms with Crippen LogP contribution in [0.1, 0.15) is 18.3 Å². The maximum absolute atomic E-state index is 12.7. The Bertz CT molecular complexity index is 810. The summed E-state index contributed by atoms with van der Waals surface area (Å²) in [6.07, 6.45) is -4.60. The second-order valence-electron chi connectivity index (χ2n) is 5.49. The number of benzene rings is 1. The van der Waals surface area contributed by atoms with Gasteiger partial charge in [-0.05, 0) is 24.6 Å². The fourth-order valence-corrected chi connectivity index (χ4v) is 2.30. The van der Waals surface area contributed by atoms with Crippen molar-refractivity contribution in [2.75, 3.05) is 13.2 Å². The van der Waals surface area contributed by atoms with Gasteiger partial charge in [-0.1, -0.05) is 12.1 Å². The number of aromatic nitrogens is 3. The predicted octanol–water partition coefficient (Wildman–Crippen LogP) is 1.36. The molecule has 0 saturated carbocycles. The summed E-state index contributed by atoms with van der Waals surface area (Å²) in [5.74, 6) is -0.885. The van der Waals surface area contributed by atoms with Gasteiger partial charge in [0.2, 0.25) is 11.7 Å². The van der Waals surface area contributed by atoms with E-state index >= 15 is 0 Å². The van der Waals surface area contributed by atoms with Crippen LogP contribution in [0, 0.1) is 0 Å². The van der Waals surface area contributed by atoms with E-state index in [9.17, 15) is 22.8 Å². The first-order valence-electron chi connectivity index (χ1n) is 7.91. The van der Waals surface area contributed by atoms with E-state index in [1.807, 2.05) is 6.92 Å². The number of carbonyl (C=O) groups excluding carboxylic acids is 1. The van der Waals surface area contributed by atoms with E-state index in [2.05, 4.69) is 10.4 Å². The van der Waals surface area contributed by atoms with Gasteiger partial charge in [0.15, 0.2) is 0 Å². The third kappa shape index (κ3) is 4.87. The Morgan fingerprint density at radius 1 is 1.27 bits per heavy atom. The smallest absolute Gasteiger partial charge is 0.451 e. The number of ether oxygens (including phenoxy) is 1. The molecule has 0 saturated heterocycles. The Morgan fingerprint density at radius 2 is 1.92 bits per heavy atom. The van der Waals surface area contributed by atoms with Crippen molar-refractivity contribution in [1.82, 2.24) is 19.7 Å². The first kappa shape index (κ1) is 19.5. The summed E-state index contributed by atoms with van der Waals surface area (Å²) in [6, 6.07) is 7.00. The Hall–Kier alpha value is -2.78. The zero-order valence-electron chi connectivity index (χ0n) is 14.3. The minimum absolute atomic E-state index is 0.00984. The normalized spacial score (nSPS) is 11.4. The highest BCUT2D eigenvalue weighted by atomic mass is 19.4. The van der Waals surface area contributed by atoms with E-state index in [1.54, 1.807) is 24.3 Å². The van der Waals surface area contributed by atoms with Gasteiger partial charge >= 0.3 is 11.9 Å². The van der Waals surface area contributed by atoms with Gasteiger partial charge in [0.1, 0.15) is 5.75 Å². The highest BCUT2D eigenvalue weighted by Crippen LogP contribution is 2.25. The lowest BCUT2D eigenvalue weighted by atomic mass is 10.1. The molecule has 0 atom stereocenters. The number of nitrogens with zero attached hydrogens (tertiary/aromatic N) is 3. The molecule has 1 N–H and O–H groups in total. The lowest BCUT2D eigenvalue weighted by molar-refractivity contribution is -0.147. The largest absolute Gasteiger partial charge is 0.494 e. The van der Waals surface area contributed by atoms with E-state index in [1.165, 1.54) is 0 Å². The van der Waals surface area contributed by atoms with E-state index in [0.717, 1.165) is 12.6 Å². The van der Waals surface area contributed by atoms with Crippen molar-refractivity contribution in [1.29, 1.82) is 0 Å². The van der Waals surface area contributed by atoms with Gasteiger partial charge in [-0.15, -0.1) is 5.10 Å². The van der Waals surface area contributed by atoms with Crippen LogP contribution in [-0.4, -0.2) is 33.4 Å². The lowest BCUT2D eigenvalue weighted by Gasteiger charge is -2.06. The topological polar surface area (TPSA) is 78.2 Å². The molecule has 0 spiro atoms. The van der Waals surface area contributed by atoms with Crippen molar-refractivity contribution in [3.05, 3.63) is 46.1 Å². The van der Waals surface area contributed by atoms with Crippen LogP contribution in [0.5, 0.6) is 5.75 Å². The predicted molar refractivity (Wildman–Crippen MR) is 86.8 cm³/mol. The molecule has 2 aromatic rings. The highest BCUT2D eigenvalue weighted by Gasteiger charge is 2.37. The summed E-state index contributed by atoms with van der Waals surface area (Å²) in [7, 11) is 0.999. The Morgan fingerprint density at radius 3 is 2.46 bits per heavy atom. The molecule has 2 rings (SSSR count). The summed E-state index contributed by atoms with van der Waals surface area (Å²) in [5.41, 5.74) is -0.126. The van der Waals surface area contributed by atoms with Gasteiger partial charge in [0.05, 0.1) is 19.6 Å². The quantitative estimate of drug-likeness (QED) is 0.796. The van der Waals surface area contributed by atoms with Gasteiger partial charge in [0.25, 0.3) is 0 Å². The second kappa shape index (κ2) is 8.07. The number of carbonyl (C=O) groups is 1. The van der Waals surface area contributed by atoms with Gasteiger partial charge in [-0.2, -0.15) is 13.2 Å². The molecule has 0 unspecified atom stereocenters. The zero-order valence-corrected chi connectivity index (χ0v) is 14.3. The molecule has 7 nitrogen and oxygen atoms in total. The maximum Gasteiger partial charge on any atom is 0.451 e. The summed E-state index contributed by atoms with van der Waals surface area (Å²) in [4.78, 5) is 23.6. The standard InChI is InChI=1S/C16H19F3N4O3/c1-3-26-12-6-4-11(5-7-12)10-13(24)20-8-9-23-15(25)22(2)14(21-23)16(17,18)19/h4-7H,3,8-10H2,1-2H3,(H,20,24). The molecule has 0 aliphatic rings. The van der Waals surface area contributed by atoms with Gasteiger partial charge in [-0.25, -0.2) is 9.48 Å². The number of halogens is 3. The molecule has 0 fully saturated rings. The summed E-state index contributed by atoms with van der Waals surface area (Å²) < 4.78 is 44.5.